The summed E-state index contributed by atoms with van der Waals surface area (Å²) in [5, 5.41) is 3.09. The fraction of sp³-hybridized carbons (Fsp3) is 0.667. The summed E-state index contributed by atoms with van der Waals surface area (Å²) in [6.07, 6.45) is 2.84. The van der Waals surface area contributed by atoms with Crippen LogP contribution in [0.2, 0.25) is 0 Å². The van der Waals surface area contributed by atoms with Crippen LogP contribution in [0.5, 0.6) is 5.75 Å². The number of ether oxygens (including phenoxy) is 2. The summed E-state index contributed by atoms with van der Waals surface area (Å²) in [6.45, 7) is 5.61. The summed E-state index contributed by atoms with van der Waals surface area (Å²) >= 11 is 0. The number of benzene rings is 1. The molecule has 2 fully saturated rings. The highest BCUT2D eigenvalue weighted by Crippen LogP contribution is 2.25. The Morgan fingerprint density at radius 2 is 1.80 bits per heavy atom. The molecule has 1 aromatic rings. The average Bonchev–Trinajstić information content (AvgIpc) is 2.68. The van der Waals surface area contributed by atoms with Gasteiger partial charge in [-0.3, -0.25) is 4.79 Å². The molecular weight excluding hydrogens is 406 g/mol. The van der Waals surface area contributed by atoms with Crippen molar-refractivity contribution in [1.82, 2.24) is 13.9 Å². The van der Waals surface area contributed by atoms with Crippen molar-refractivity contribution in [2.24, 2.45) is 0 Å². The first-order valence-electron chi connectivity index (χ1n) is 10.5. The highest BCUT2D eigenvalue weighted by atomic mass is 32.2. The molecule has 168 valence electrons. The molecule has 1 N–H and O–H groups in total. The molecule has 3 rings (SSSR count). The second-order valence-electron chi connectivity index (χ2n) is 8.80. The highest BCUT2D eigenvalue weighted by molar-refractivity contribution is 7.86. The van der Waals surface area contributed by atoms with Crippen molar-refractivity contribution in [3.63, 3.8) is 0 Å². The SMILES string of the molecule is CN(C)S(=O)(=O)N1CCC(Oc2ccc(C(=O)N[C@@H]3CCOC(C)(C)C3)cc2)CC1. The topological polar surface area (TPSA) is 88.2 Å². The molecule has 2 saturated heterocycles. The summed E-state index contributed by atoms with van der Waals surface area (Å²) in [7, 11) is -0.292. The van der Waals surface area contributed by atoms with E-state index in [4.69, 9.17) is 9.47 Å². The van der Waals surface area contributed by atoms with Crippen LogP contribution < -0.4 is 10.1 Å². The standard InChI is InChI=1S/C21H33N3O5S/c1-21(2)15-17(11-14-28-21)22-20(25)16-5-7-18(8-6-16)29-19-9-12-24(13-10-19)30(26,27)23(3)4/h5-8,17,19H,9-15H2,1-4H3,(H,22,25)/t17-/m1/s1. The van der Waals surface area contributed by atoms with Gasteiger partial charge < -0.3 is 14.8 Å². The van der Waals surface area contributed by atoms with Crippen molar-refractivity contribution in [2.75, 3.05) is 33.8 Å². The van der Waals surface area contributed by atoms with Gasteiger partial charge >= 0.3 is 0 Å². The summed E-state index contributed by atoms with van der Waals surface area (Å²) in [4.78, 5) is 12.6. The Balaban J connectivity index is 1.50. The van der Waals surface area contributed by atoms with Crippen LogP contribution in [0.1, 0.15) is 49.9 Å². The lowest BCUT2D eigenvalue weighted by Crippen LogP contribution is -2.46. The minimum atomic E-state index is -3.37. The minimum Gasteiger partial charge on any atom is -0.490 e. The molecule has 1 amide bonds. The first-order valence-corrected chi connectivity index (χ1v) is 11.9. The third-order valence-electron chi connectivity index (χ3n) is 5.64. The van der Waals surface area contributed by atoms with E-state index >= 15 is 0 Å². The molecule has 2 heterocycles. The van der Waals surface area contributed by atoms with Gasteiger partial charge in [-0.1, -0.05) is 0 Å². The predicted octanol–water partition coefficient (Wildman–Crippen LogP) is 2.02. The van der Waals surface area contributed by atoms with Gasteiger partial charge in [-0.2, -0.15) is 17.0 Å². The van der Waals surface area contributed by atoms with E-state index in [0.717, 1.165) is 12.8 Å². The number of carbonyl (C=O) groups excluding carboxylic acids is 1. The first kappa shape index (κ1) is 23.0. The molecule has 8 nitrogen and oxygen atoms in total. The summed E-state index contributed by atoms with van der Waals surface area (Å²) in [5.41, 5.74) is 0.383. The Labute approximate surface area is 179 Å². The molecule has 30 heavy (non-hydrogen) atoms. The normalized spacial score (nSPS) is 23.3. The van der Waals surface area contributed by atoms with Crippen LogP contribution in [0.4, 0.5) is 0 Å². The van der Waals surface area contributed by atoms with Crippen molar-refractivity contribution < 1.29 is 22.7 Å². The largest absolute Gasteiger partial charge is 0.490 e. The van der Waals surface area contributed by atoms with E-state index in [-0.39, 0.29) is 23.7 Å². The zero-order chi connectivity index (χ0) is 21.9. The van der Waals surface area contributed by atoms with E-state index in [0.29, 0.717) is 43.9 Å². The summed E-state index contributed by atoms with van der Waals surface area (Å²) < 4.78 is 38.8. The van der Waals surface area contributed by atoms with Gasteiger partial charge in [0.25, 0.3) is 16.1 Å². The lowest BCUT2D eigenvalue weighted by Gasteiger charge is -2.35. The number of piperidine rings is 1. The van der Waals surface area contributed by atoms with Gasteiger partial charge in [-0.15, -0.1) is 0 Å². The predicted molar refractivity (Wildman–Crippen MR) is 115 cm³/mol. The van der Waals surface area contributed by atoms with Crippen molar-refractivity contribution in [3.8, 4) is 5.75 Å². The molecule has 2 aliphatic heterocycles. The van der Waals surface area contributed by atoms with E-state index in [1.54, 1.807) is 38.4 Å². The van der Waals surface area contributed by atoms with Gasteiger partial charge in [0.2, 0.25) is 0 Å². The molecule has 2 aliphatic rings. The lowest BCUT2D eigenvalue weighted by atomic mass is 9.94. The van der Waals surface area contributed by atoms with Crippen molar-refractivity contribution in [3.05, 3.63) is 29.8 Å². The van der Waals surface area contributed by atoms with Crippen LogP contribution >= 0.6 is 0 Å². The number of nitrogens with one attached hydrogen (secondary N) is 1. The summed E-state index contributed by atoms with van der Waals surface area (Å²) in [5.74, 6) is 0.596. The lowest BCUT2D eigenvalue weighted by molar-refractivity contribution is -0.0615. The molecule has 0 spiro atoms. The molecule has 0 aromatic heterocycles. The van der Waals surface area contributed by atoms with Gasteiger partial charge in [0, 0.05) is 45.4 Å². The van der Waals surface area contributed by atoms with E-state index < -0.39 is 10.2 Å². The Bertz CT molecular complexity index is 831. The number of rotatable bonds is 6. The maximum absolute atomic E-state index is 12.6. The Morgan fingerprint density at radius 3 is 2.37 bits per heavy atom. The van der Waals surface area contributed by atoms with Gasteiger partial charge in [-0.05, 0) is 63.8 Å². The van der Waals surface area contributed by atoms with Gasteiger partial charge in [0.05, 0.1) is 5.60 Å². The van der Waals surface area contributed by atoms with Gasteiger partial charge in [0.1, 0.15) is 11.9 Å². The fourth-order valence-electron chi connectivity index (χ4n) is 3.91. The number of hydrogen-bond acceptors (Lipinski definition) is 5. The zero-order valence-electron chi connectivity index (χ0n) is 18.3. The quantitative estimate of drug-likeness (QED) is 0.733. The van der Waals surface area contributed by atoms with E-state index in [1.807, 2.05) is 13.8 Å². The zero-order valence-corrected chi connectivity index (χ0v) is 19.1. The second-order valence-corrected chi connectivity index (χ2v) is 10.9. The molecule has 1 aromatic carbocycles. The molecule has 0 aliphatic carbocycles. The molecule has 0 bridgehead atoms. The van der Waals surface area contributed by atoms with Crippen molar-refractivity contribution >= 4 is 16.1 Å². The number of nitrogens with zero attached hydrogens (tertiary/aromatic N) is 2. The third-order valence-corrected chi connectivity index (χ3v) is 7.58. The van der Waals surface area contributed by atoms with E-state index in [2.05, 4.69) is 5.32 Å². The van der Waals surface area contributed by atoms with Crippen LogP contribution in [0.25, 0.3) is 0 Å². The number of hydrogen-bond donors (Lipinski definition) is 1. The third kappa shape index (κ3) is 5.72. The number of amides is 1. The van der Waals surface area contributed by atoms with Gasteiger partial charge in [0.15, 0.2) is 0 Å². The monoisotopic (exact) mass is 439 g/mol. The Hall–Kier alpha value is -1.68. The second kappa shape index (κ2) is 9.21. The van der Waals surface area contributed by atoms with Crippen LogP contribution in [0.3, 0.4) is 0 Å². The molecular formula is C21H33N3O5S. The van der Waals surface area contributed by atoms with Crippen LogP contribution in [0.15, 0.2) is 24.3 Å². The molecule has 1 atom stereocenters. The number of carbonyl (C=O) groups is 1. The first-order chi connectivity index (χ1) is 14.1. The summed E-state index contributed by atoms with van der Waals surface area (Å²) in [6, 6.07) is 7.24. The van der Waals surface area contributed by atoms with Gasteiger partial charge in [-0.25, -0.2) is 0 Å². The molecule has 0 unspecified atom stereocenters. The molecule has 9 heteroatoms. The Kier molecular flexibility index (Phi) is 7.06. The van der Waals surface area contributed by atoms with E-state index in [9.17, 15) is 13.2 Å². The van der Waals surface area contributed by atoms with Crippen LogP contribution in [0, 0.1) is 0 Å². The highest BCUT2D eigenvalue weighted by Gasteiger charge is 2.31. The molecule has 0 radical (unpaired) electrons. The van der Waals surface area contributed by atoms with Crippen LogP contribution in [-0.2, 0) is 14.9 Å². The van der Waals surface area contributed by atoms with Crippen LogP contribution in [-0.4, -0.2) is 74.5 Å². The van der Waals surface area contributed by atoms with E-state index in [1.165, 1.54) is 8.61 Å². The smallest absolute Gasteiger partial charge is 0.281 e. The average molecular weight is 440 g/mol. The molecule has 0 saturated carbocycles. The minimum absolute atomic E-state index is 0.0391. The Morgan fingerprint density at radius 1 is 1.17 bits per heavy atom. The maximum Gasteiger partial charge on any atom is 0.281 e. The maximum atomic E-state index is 12.6. The fourth-order valence-corrected chi connectivity index (χ4v) is 5.05. The van der Waals surface area contributed by atoms with Crippen molar-refractivity contribution in [2.45, 2.75) is 57.3 Å². The van der Waals surface area contributed by atoms with Crippen molar-refractivity contribution in [1.29, 1.82) is 0 Å².